The Balaban J connectivity index is 1.21. The number of allylic oxidation sites excluding steroid dienone is 8. The summed E-state index contributed by atoms with van der Waals surface area (Å²) < 4.78 is 25.0. The predicted octanol–water partition coefficient (Wildman–Crippen LogP) is 9.71. The van der Waals surface area contributed by atoms with Gasteiger partial charge >= 0.3 is 18.2 Å². The summed E-state index contributed by atoms with van der Waals surface area (Å²) in [6, 6.07) is 1.66. The molecule has 0 aliphatic carbocycles. The summed E-state index contributed by atoms with van der Waals surface area (Å²) in [5.41, 5.74) is 5.25. The van der Waals surface area contributed by atoms with Gasteiger partial charge in [-0.3, -0.25) is 9.59 Å². The molecule has 73 heavy (non-hydrogen) atoms. The van der Waals surface area contributed by atoms with Crippen LogP contribution in [-0.2, 0) is 30.7 Å². The number of carboxylic acids is 1. The summed E-state index contributed by atoms with van der Waals surface area (Å²) in [4.78, 5) is 73.0. The molecular formula is C57H78N4O12. The molecule has 5 atom stereocenters. The van der Waals surface area contributed by atoms with Gasteiger partial charge in [0.2, 0.25) is 0 Å². The molecule has 0 aromatic heterocycles. The normalized spacial score (nSPS) is 21.5. The quantitative estimate of drug-likeness (QED) is 0.106. The smallest absolute Gasteiger partial charge is 0.414 e. The Hall–Kier alpha value is -6.13. The van der Waals surface area contributed by atoms with Gasteiger partial charge in [-0.05, 0) is 132 Å². The monoisotopic (exact) mass is 1010 g/mol. The van der Waals surface area contributed by atoms with E-state index in [1.807, 2.05) is 13.8 Å². The van der Waals surface area contributed by atoms with Crippen molar-refractivity contribution >= 4 is 30.0 Å². The summed E-state index contributed by atoms with van der Waals surface area (Å²) in [5.74, 6) is -1.31. The van der Waals surface area contributed by atoms with Crippen molar-refractivity contribution < 1.29 is 58.2 Å². The number of hydrogen-bond acceptors (Lipinski definition) is 11. The average Bonchev–Trinajstić information content (AvgIpc) is 3.80. The van der Waals surface area contributed by atoms with Crippen LogP contribution in [0.25, 0.3) is 0 Å². The largest absolute Gasteiger partial charge is 0.484 e. The van der Waals surface area contributed by atoms with Crippen LogP contribution in [0.1, 0.15) is 163 Å². The Labute approximate surface area is 431 Å². The Morgan fingerprint density at radius 3 is 1.55 bits per heavy atom. The van der Waals surface area contributed by atoms with Crippen molar-refractivity contribution in [3.05, 3.63) is 92.1 Å². The first kappa shape index (κ1) is 56.2. The molecule has 4 aliphatic heterocycles. The molecule has 2 aromatic carbocycles. The molecule has 4 aliphatic rings. The second-order valence-electron chi connectivity index (χ2n) is 21.7. The molecule has 16 nitrogen and oxygen atoms in total. The van der Waals surface area contributed by atoms with Gasteiger partial charge in [-0.25, -0.2) is 14.4 Å². The number of rotatable bonds is 20. The summed E-state index contributed by atoms with van der Waals surface area (Å²) in [7, 11) is 6.14. The third kappa shape index (κ3) is 13.0. The maximum Gasteiger partial charge on any atom is 0.414 e. The van der Waals surface area contributed by atoms with Crippen LogP contribution >= 0.6 is 0 Å². The maximum absolute atomic E-state index is 14.4. The number of aliphatic carboxylic acids is 1. The topological polar surface area (TPSA) is 196 Å². The Morgan fingerprint density at radius 2 is 1.12 bits per heavy atom. The van der Waals surface area contributed by atoms with Crippen molar-refractivity contribution in [1.82, 2.24) is 19.6 Å². The third-order valence-electron chi connectivity index (χ3n) is 14.6. The number of nitrogens with zero attached hydrogens (tertiary/aromatic N) is 4. The van der Waals surface area contributed by atoms with E-state index in [1.54, 1.807) is 19.0 Å². The van der Waals surface area contributed by atoms with Crippen molar-refractivity contribution in [1.29, 1.82) is 0 Å². The molecule has 4 heterocycles. The fourth-order valence-electron chi connectivity index (χ4n) is 9.92. The number of fused-ring (bicyclic) bond motifs is 6. The van der Waals surface area contributed by atoms with Crippen LogP contribution < -0.4 is 18.9 Å². The number of carbonyl (C=O) groups excluding carboxylic acids is 4. The van der Waals surface area contributed by atoms with Gasteiger partial charge in [0, 0.05) is 69.8 Å². The van der Waals surface area contributed by atoms with Crippen LogP contribution in [0.5, 0.6) is 23.0 Å². The van der Waals surface area contributed by atoms with E-state index in [0.29, 0.717) is 59.4 Å². The van der Waals surface area contributed by atoms with Crippen molar-refractivity contribution in [2.45, 2.75) is 175 Å². The lowest BCUT2D eigenvalue weighted by atomic mass is 9.84. The maximum atomic E-state index is 14.4. The Kier molecular flexibility index (Phi) is 18.0. The van der Waals surface area contributed by atoms with Crippen molar-refractivity contribution in [3.63, 3.8) is 0 Å². The summed E-state index contributed by atoms with van der Waals surface area (Å²) in [5, 5.41) is 33.9. The van der Waals surface area contributed by atoms with E-state index in [0.717, 1.165) is 25.7 Å². The predicted molar refractivity (Wildman–Crippen MR) is 278 cm³/mol. The van der Waals surface area contributed by atoms with Crippen LogP contribution in [0, 0.1) is 0 Å². The highest BCUT2D eigenvalue weighted by Gasteiger charge is 2.48. The molecule has 0 bridgehead atoms. The lowest BCUT2D eigenvalue weighted by Crippen LogP contribution is -2.49. The second-order valence-corrected chi connectivity index (χ2v) is 21.7. The summed E-state index contributed by atoms with van der Waals surface area (Å²) >= 11 is 0. The van der Waals surface area contributed by atoms with Gasteiger partial charge < -0.3 is 53.9 Å². The first-order chi connectivity index (χ1) is 34.3. The van der Waals surface area contributed by atoms with E-state index in [4.69, 9.17) is 18.9 Å². The molecule has 0 saturated carbocycles. The average molecular weight is 1010 g/mol. The van der Waals surface area contributed by atoms with Crippen molar-refractivity contribution in [2.75, 3.05) is 34.7 Å². The molecule has 16 heteroatoms. The SMILES string of the molecule is CC(C)=CCC/C(C)=C/CC[C@@]1(C)Oc2c(c(OC(=O)N(C)C)cc3c2CN(CCC[C@@H](C(=O)O)N2Cc4c(cc(OC(=O)N(C)C)c5c4O[C@](C)(CC/C=C(\C)CCC=C(C)C)[C@@H](O)C5)C2=O)C3=O)C[C@@H]1O. The zero-order valence-electron chi connectivity index (χ0n) is 45.1. The van der Waals surface area contributed by atoms with Gasteiger partial charge in [-0.1, -0.05) is 46.6 Å². The molecule has 0 radical (unpaired) electrons. The van der Waals surface area contributed by atoms with Crippen LogP contribution in [0.3, 0.4) is 0 Å². The number of benzene rings is 2. The van der Waals surface area contributed by atoms with Gasteiger partial charge in [0.25, 0.3) is 11.8 Å². The van der Waals surface area contributed by atoms with Crippen LogP contribution in [0.4, 0.5) is 9.59 Å². The minimum absolute atomic E-state index is 0.0116. The van der Waals surface area contributed by atoms with Gasteiger partial charge in [0.15, 0.2) is 0 Å². The van der Waals surface area contributed by atoms with Gasteiger partial charge in [-0.15, -0.1) is 0 Å². The van der Waals surface area contributed by atoms with E-state index in [1.165, 1.54) is 63.2 Å². The third-order valence-corrected chi connectivity index (χ3v) is 14.6. The van der Waals surface area contributed by atoms with E-state index < -0.39 is 53.5 Å². The number of hydrogen-bond donors (Lipinski definition) is 3. The molecule has 398 valence electrons. The molecule has 3 N–H and O–H groups in total. The second kappa shape index (κ2) is 23.4. The van der Waals surface area contributed by atoms with E-state index in [9.17, 15) is 39.3 Å². The van der Waals surface area contributed by atoms with Gasteiger partial charge in [-0.2, -0.15) is 0 Å². The highest BCUT2D eigenvalue weighted by molar-refractivity contribution is 6.02. The molecule has 0 saturated heterocycles. The number of carboxylic acid groups (broad SMARTS) is 1. The van der Waals surface area contributed by atoms with E-state index in [-0.39, 0.29) is 73.9 Å². The Morgan fingerprint density at radius 1 is 0.685 bits per heavy atom. The highest BCUT2D eigenvalue weighted by atomic mass is 16.6. The minimum Gasteiger partial charge on any atom is -0.484 e. The lowest BCUT2D eigenvalue weighted by molar-refractivity contribution is -0.142. The number of aliphatic hydroxyl groups excluding tert-OH is 2. The van der Waals surface area contributed by atoms with Crippen molar-refractivity contribution in [3.8, 4) is 23.0 Å². The zero-order chi connectivity index (χ0) is 53.7. The first-order valence-electron chi connectivity index (χ1n) is 25.6. The summed E-state index contributed by atoms with van der Waals surface area (Å²) in [6.45, 7) is 16.3. The molecule has 0 unspecified atom stereocenters. The zero-order valence-corrected chi connectivity index (χ0v) is 45.1. The van der Waals surface area contributed by atoms with Crippen LogP contribution in [0.2, 0.25) is 0 Å². The van der Waals surface area contributed by atoms with Gasteiger partial charge in [0.1, 0.15) is 40.2 Å². The van der Waals surface area contributed by atoms with Gasteiger partial charge in [0.05, 0.1) is 36.4 Å². The summed E-state index contributed by atoms with van der Waals surface area (Å²) in [6.07, 6.45) is 11.7. The number of aliphatic hydroxyl groups is 2. The number of carbonyl (C=O) groups is 5. The van der Waals surface area contributed by atoms with Crippen LogP contribution in [-0.4, -0.2) is 129 Å². The standard InChI is InChI=1S/C57H78N4O12/c1-34(2)18-13-20-36(5)22-15-25-56(7)47(62)30-40-45(70-54(68)58(9)10)28-38-42(49(40)72-56)32-60(51(38)64)27-17-24-44(53(66)67)61-33-43-39(52(61)65)29-46(71-55(69)59(11)12)41-31-48(63)57(8,73-50(41)43)26-16-23-37(6)21-14-19-35(3)4/h18-19,22-23,28-29,44,47-48,62-63H,13-17,20-21,24-27,30-33H2,1-12H3,(H,66,67)/b36-22+,37-23+/t44-,47-,48-,56+,57+/m0/s1. The first-order valence-corrected chi connectivity index (χ1v) is 25.6. The minimum atomic E-state index is -1.30. The van der Waals surface area contributed by atoms with E-state index >= 15 is 0 Å². The molecule has 6 rings (SSSR count). The molecule has 0 spiro atoms. The van der Waals surface area contributed by atoms with Crippen LogP contribution in [0.15, 0.2) is 58.7 Å². The number of amides is 4. The fourth-order valence-corrected chi connectivity index (χ4v) is 9.92. The molecule has 4 amide bonds. The Bertz CT molecular complexity index is 2590. The fraction of sp³-hybridized carbons (Fsp3) is 0.561. The molecule has 0 fully saturated rings. The molecular weight excluding hydrogens is 933 g/mol. The lowest BCUT2D eigenvalue weighted by Gasteiger charge is -2.41. The highest BCUT2D eigenvalue weighted by Crippen LogP contribution is 2.49. The van der Waals surface area contributed by atoms with E-state index in [2.05, 4.69) is 65.8 Å². The number of ether oxygens (including phenoxy) is 4. The van der Waals surface area contributed by atoms with Crippen molar-refractivity contribution in [2.24, 2.45) is 0 Å². The molecule has 2 aromatic rings.